The summed E-state index contributed by atoms with van der Waals surface area (Å²) in [7, 11) is 1.62. The Morgan fingerprint density at radius 3 is 2.59 bits per heavy atom. The van der Waals surface area contributed by atoms with Crippen LogP contribution in [0.4, 0.5) is 10.8 Å². The van der Waals surface area contributed by atoms with Crippen LogP contribution in [0.5, 0.6) is 5.75 Å². The van der Waals surface area contributed by atoms with Gasteiger partial charge in [-0.15, -0.1) is 23.1 Å². The zero-order valence-electron chi connectivity index (χ0n) is 18.5. The molecule has 4 rings (SSSR count). The fraction of sp³-hybridized carbons (Fsp3) is 0.115. The molecule has 0 aliphatic heterocycles. The average molecular weight is 490 g/mol. The minimum atomic E-state index is -0.143. The minimum absolute atomic E-state index is 0.0818. The van der Waals surface area contributed by atoms with Crippen LogP contribution in [-0.2, 0) is 16.0 Å². The molecule has 0 aliphatic rings. The molecule has 0 bridgehead atoms. The number of carbonyl (C=O) groups excluding carboxylic acids is 2. The summed E-state index contributed by atoms with van der Waals surface area (Å²) in [5, 5.41) is 8.21. The summed E-state index contributed by atoms with van der Waals surface area (Å²) in [6, 6.07) is 24.7. The number of rotatable bonds is 9. The van der Waals surface area contributed by atoms with Gasteiger partial charge in [-0.2, -0.15) is 0 Å². The SMILES string of the molecule is COc1cccc(-c2csc(NC(=O)CSc3cccc(NC(=O)Cc4ccccc4)c3)n2)c1. The third-order valence-electron chi connectivity index (χ3n) is 4.81. The summed E-state index contributed by atoms with van der Waals surface area (Å²) in [5.41, 5.74) is 3.37. The lowest BCUT2D eigenvalue weighted by Gasteiger charge is -2.08. The Balaban J connectivity index is 1.29. The highest BCUT2D eigenvalue weighted by molar-refractivity contribution is 8.00. The molecule has 0 saturated heterocycles. The maximum absolute atomic E-state index is 12.4. The van der Waals surface area contributed by atoms with E-state index in [1.807, 2.05) is 84.2 Å². The molecule has 0 aliphatic carbocycles. The van der Waals surface area contributed by atoms with Gasteiger partial charge in [0.2, 0.25) is 11.8 Å². The molecule has 1 aromatic heterocycles. The molecule has 0 saturated carbocycles. The third-order valence-corrected chi connectivity index (χ3v) is 6.56. The first-order chi connectivity index (χ1) is 16.6. The number of methoxy groups -OCH3 is 1. The van der Waals surface area contributed by atoms with Crippen LogP contribution in [0.2, 0.25) is 0 Å². The van der Waals surface area contributed by atoms with Gasteiger partial charge in [-0.05, 0) is 35.9 Å². The quantitative estimate of drug-likeness (QED) is 0.294. The van der Waals surface area contributed by atoms with Crippen molar-refractivity contribution in [1.29, 1.82) is 0 Å². The Kier molecular flexibility index (Phi) is 7.95. The molecule has 0 unspecified atom stereocenters. The van der Waals surface area contributed by atoms with E-state index in [0.717, 1.165) is 27.5 Å². The number of thiazole rings is 1. The molecule has 0 radical (unpaired) electrons. The lowest BCUT2D eigenvalue weighted by Crippen LogP contribution is -2.14. The Morgan fingerprint density at radius 1 is 0.941 bits per heavy atom. The van der Waals surface area contributed by atoms with E-state index in [1.54, 1.807) is 7.11 Å². The van der Waals surface area contributed by atoms with Crippen LogP contribution in [0.25, 0.3) is 11.3 Å². The molecule has 34 heavy (non-hydrogen) atoms. The van der Waals surface area contributed by atoms with Crippen molar-refractivity contribution in [2.45, 2.75) is 11.3 Å². The van der Waals surface area contributed by atoms with E-state index in [4.69, 9.17) is 4.74 Å². The highest BCUT2D eigenvalue weighted by Crippen LogP contribution is 2.28. The van der Waals surface area contributed by atoms with E-state index in [1.165, 1.54) is 23.1 Å². The predicted molar refractivity (Wildman–Crippen MR) is 139 cm³/mol. The van der Waals surface area contributed by atoms with Gasteiger partial charge in [-0.25, -0.2) is 4.98 Å². The number of ether oxygens (including phenoxy) is 1. The lowest BCUT2D eigenvalue weighted by atomic mass is 10.1. The van der Waals surface area contributed by atoms with Crippen LogP contribution in [0.15, 0.2) is 89.1 Å². The number of nitrogens with zero attached hydrogens (tertiary/aromatic N) is 1. The standard InChI is InChI=1S/C26H23N3O3S2/c1-32-21-11-5-9-19(14-21)23-16-34-26(28-23)29-25(31)17-33-22-12-6-10-20(15-22)27-24(30)13-18-7-3-2-4-8-18/h2-12,14-16H,13,17H2,1H3,(H,27,30)(H,28,29,31). The van der Waals surface area contributed by atoms with Crippen LogP contribution in [-0.4, -0.2) is 29.7 Å². The largest absolute Gasteiger partial charge is 0.497 e. The van der Waals surface area contributed by atoms with E-state index < -0.39 is 0 Å². The highest BCUT2D eigenvalue weighted by Gasteiger charge is 2.10. The summed E-state index contributed by atoms with van der Waals surface area (Å²) in [6.07, 6.45) is 0.312. The van der Waals surface area contributed by atoms with Crippen LogP contribution in [0.1, 0.15) is 5.56 Å². The second kappa shape index (κ2) is 11.5. The van der Waals surface area contributed by atoms with Crippen molar-refractivity contribution < 1.29 is 14.3 Å². The smallest absolute Gasteiger partial charge is 0.236 e. The van der Waals surface area contributed by atoms with E-state index in [2.05, 4.69) is 15.6 Å². The molecular formula is C26H23N3O3S2. The third kappa shape index (κ3) is 6.69. The molecule has 0 spiro atoms. The molecule has 6 nitrogen and oxygen atoms in total. The topological polar surface area (TPSA) is 80.3 Å². The summed E-state index contributed by atoms with van der Waals surface area (Å²) in [5.74, 6) is 0.762. The van der Waals surface area contributed by atoms with Gasteiger partial charge < -0.3 is 15.4 Å². The zero-order chi connectivity index (χ0) is 23.8. The van der Waals surface area contributed by atoms with Crippen LogP contribution < -0.4 is 15.4 Å². The molecule has 172 valence electrons. The van der Waals surface area contributed by atoms with Crippen LogP contribution in [0, 0.1) is 0 Å². The fourth-order valence-corrected chi connectivity index (χ4v) is 4.69. The molecule has 4 aromatic rings. The second-order valence-corrected chi connectivity index (χ2v) is 9.25. The molecular weight excluding hydrogens is 466 g/mol. The van der Waals surface area contributed by atoms with Crippen molar-refractivity contribution in [2.75, 3.05) is 23.5 Å². The van der Waals surface area contributed by atoms with E-state index in [0.29, 0.717) is 17.2 Å². The van der Waals surface area contributed by atoms with Crippen LogP contribution in [0.3, 0.4) is 0 Å². The number of hydrogen-bond acceptors (Lipinski definition) is 6. The molecule has 2 N–H and O–H groups in total. The summed E-state index contributed by atoms with van der Waals surface area (Å²) in [6.45, 7) is 0. The second-order valence-electron chi connectivity index (χ2n) is 7.35. The maximum Gasteiger partial charge on any atom is 0.236 e. The number of hydrogen-bond donors (Lipinski definition) is 2. The number of carbonyl (C=O) groups is 2. The lowest BCUT2D eigenvalue weighted by molar-refractivity contribution is -0.115. The van der Waals surface area contributed by atoms with E-state index in [-0.39, 0.29) is 17.6 Å². The highest BCUT2D eigenvalue weighted by atomic mass is 32.2. The molecule has 0 atom stereocenters. The molecule has 3 aromatic carbocycles. The van der Waals surface area contributed by atoms with Gasteiger partial charge in [0.25, 0.3) is 0 Å². The van der Waals surface area contributed by atoms with Crippen molar-refractivity contribution in [3.8, 4) is 17.0 Å². The molecule has 1 heterocycles. The van der Waals surface area contributed by atoms with Crippen molar-refractivity contribution in [2.24, 2.45) is 0 Å². The van der Waals surface area contributed by atoms with Gasteiger partial charge in [-0.1, -0.05) is 48.5 Å². The number of thioether (sulfide) groups is 1. The predicted octanol–water partition coefficient (Wildman–Crippen LogP) is 5.73. The summed E-state index contributed by atoms with van der Waals surface area (Å²) in [4.78, 5) is 30.1. The van der Waals surface area contributed by atoms with Gasteiger partial charge >= 0.3 is 0 Å². The Bertz CT molecular complexity index is 1280. The Hall–Kier alpha value is -3.62. The first kappa shape index (κ1) is 23.5. The maximum atomic E-state index is 12.4. The fourth-order valence-electron chi connectivity index (χ4n) is 3.20. The van der Waals surface area contributed by atoms with E-state index in [9.17, 15) is 9.59 Å². The van der Waals surface area contributed by atoms with Gasteiger partial charge in [0.05, 0.1) is 25.0 Å². The summed E-state index contributed by atoms with van der Waals surface area (Å²) < 4.78 is 5.26. The first-order valence-electron chi connectivity index (χ1n) is 10.6. The van der Waals surface area contributed by atoms with Crippen molar-refractivity contribution in [3.63, 3.8) is 0 Å². The number of amides is 2. The molecule has 0 fully saturated rings. The van der Waals surface area contributed by atoms with Crippen molar-refractivity contribution in [1.82, 2.24) is 4.98 Å². The monoisotopic (exact) mass is 489 g/mol. The summed E-state index contributed by atoms with van der Waals surface area (Å²) >= 11 is 2.78. The number of benzene rings is 3. The van der Waals surface area contributed by atoms with Gasteiger partial charge in [0, 0.05) is 21.5 Å². The van der Waals surface area contributed by atoms with Crippen molar-refractivity contribution >= 4 is 45.7 Å². The van der Waals surface area contributed by atoms with E-state index >= 15 is 0 Å². The Morgan fingerprint density at radius 2 is 1.76 bits per heavy atom. The van der Waals surface area contributed by atoms with Gasteiger partial charge in [0.15, 0.2) is 5.13 Å². The first-order valence-corrected chi connectivity index (χ1v) is 12.4. The van der Waals surface area contributed by atoms with Gasteiger partial charge in [0.1, 0.15) is 5.75 Å². The van der Waals surface area contributed by atoms with Gasteiger partial charge in [-0.3, -0.25) is 9.59 Å². The number of anilines is 2. The molecule has 2 amide bonds. The Labute approximate surface area is 206 Å². The minimum Gasteiger partial charge on any atom is -0.497 e. The number of aromatic nitrogens is 1. The zero-order valence-corrected chi connectivity index (χ0v) is 20.1. The van der Waals surface area contributed by atoms with Crippen molar-refractivity contribution in [3.05, 3.63) is 89.8 Å². The normalized spacial score (nSPS) is 10.5. The van der Waals surface area contributed by atoms with Crippen LogP contribution >= 0.6 is 23.1 Å². The number of nitrogens with one attached hydrogen (secondary N) is 2. The molecule has 8 heteroatoms. The average Bonchev–Trinajstić information content (AvgIpc) is 3.32.